The lowest BCUT2D eigenvalue weighted by Gasteiger charge is -2.23. The lowest BCUT2D eigenvalue weighted by Crippen LogP contribution is -2.13. The molecule has 0 aliphatic heterocycles. The van der Waals surface area contributed by atoms with E-state index in [1.807, 2.05) is 24.4 Å². The summed E-state index contributed by atoms with van der Waals surface area (Å²) in [4.78, 5) is 4.84. The molecule has 0 unspecified atom stereocenters. The molecule has 0 spiro atoms. The second kappa shape index (κ2) is 7.43. The molecule has 132 valence electrons. The molecule has 3 rings (SSSR count). The Morgan fingerprint density at radius 3 is 2.28 bits per heavy atom. The summed E-state index contributed by atoms with van der Waals surface area (Å²) in [5.41, 5.74) is 3.88. The Kier molecular flexibility index (Phi) is 5.27. The van der Waals surface area contributed by atoms with Crippen LogP contribution in [0.4, 0.5) is 0 Å². The minimum Gasteiger partial charge on any atom is -0.507 e. The number of rotatable bonds is 3. The van der Waals surface area contributed by atoms with E-state index in [1.54, 1.807) is 0 Å². The number of nitrogens with zero attached hydrogens (tertiary/aromatic N) is 1. The molecule has 1 fully saturated rings. The van der Waals surface area contributed by atoms with E-state index in [2.05, 4.69) is 45.0 Å². The van der Waals surface area contributed by atoms with Gasteiger partial charge in [-0.1, -0.05) is 82.5 Å². The third-order valence-corrected chi connectivity index (χ3v) is 5.10. The largest absolute Gasteiger partial charge is 0.507 e. The first-order valence-corrected chi connectivity index (χ1v) is 9.42. The topological polar surface area (TPSA) is 32.6 Å². The Morgan fingerprint density at radius 2 is 1.64 bits per heavy atom. The van der Waals surface area contributed by atoms with Gasteiger partial charge in [0.1, 0.15) is 5.75 Å². The summed E-state index contributed by atoms with van der Waals surface area (Å²) in [5.74, 6) is 0.369. The molecule has 0 amide bonds. The summed E-state index contributed by atoms with van der Waals surface area (Å²) >= 11 is 0. The van der Waals surface area contributed by atoms with E-state index in [0.29, 0.717) is 11.8 Å². The van der Waals surface area contributed by atoms with Gasteiger partial charge in [0, 0.05) is 17.8 Å². The van der Waals surface area contributed by atoms with Crippen LogP contribution in [0.25, 0.3) is 11.1 Å². The van der Waals surface area contributed by atoms with Gasteiger partial charge in [-0.25, -0.2) is 0 Å². The zero-order valence-corrected chi connectivity index (χ0v) is 15.6. The normalized spacial score (nSPS) is 16.4. The van der Waals surface area contributed by atoms with Gasteiger partial charge in [0.15, 0.2) is 0 Å². The SMILES string of the molecule is CC(C)(C)c1ccc(-c2ccccc2)c(C=NC2CCCCC2)c1O. The van der Waals surface area contributed by atoms with Crippen LogP contribution in [0.15, 0.2) is 47.5 Å². The number of aromatic hydroxyl groups is 1. The molecule has 1 aliphatic carbocycles. The van der Waals surface area contributed by atoms with Gasteiger partial charge in [0.2, 0.25) is 0 Å². The second-order valence-electron chi connectivity index (χ2n) is 8.11. The fraction of sp³-hybridized carbons (Fsp3) is 0.435. The highest BCUT2D eigenvalue weighted by Gasteiger charge is 2.22. The van der Waals surface area contributed by atoms with Crippen LogP contribution in [-0.2, 0) is 5.41 Å². The van der Waals surface area contributed by atoms with E-state index in [1.165, 1.54) is 19.3 Å². The summed E-state index contributed by atoms with van der Waals surface area (Å²) < 4.78 is 0. The smallest absolute Gasteiger partial charge is 0.128 e. The van der Waals surface area contributed by atoms with Crippen molar-refractivity contribution in [3.63, 3.8) is 0 Å². The van der Waals surface area contributed by atoms with Crippen molar-refractivity contribution in [2.24, 2.45) is 4.99 Å². The molecule has 1 saturated carbocycles. The van der Waals surface area contributed by atoms with E-state index < -0.39 is 0 Å². The average molecular weight is 335 g/mol. The van der Waals surface area contributed by atoms with Crippen LogP contribution in [0.5, 0.6) is 5.75 Å². The van der Waals surface area contributed by atoms with Gasteiger partial charge < -0.3 is 5.11 Å². The summed E-state index contributed by atoms with van der Waals surface area (Å²) in [7, 11) is 0. The van der Waals surface area contributed by atoms with Gasteiger partial charge >= 0.3 is 0 Å². The summed E-state index contributed by atoms with van der Waals surface area (Å²) in [6.07, 6.45) is 8.10. The Labute approximate surface area is 151 Å². The molecule has 0 saturated heterocycles. The standard InChI is InChI=1S/C23H29NO/c1-23(2,3)21-15-14-19(17-10-6-4-7-11-17)20(22(21)25)16-24-18-12-8-5-9-13-18/h4,6-7,10-11,14-16,18,25H,5,8-9,12-13H2,1-3H3. The van der Waals surface area contributed by atoms with Crippen molar-refractivity contribution in [1.29, 1.82) is 0 Å². The van der Waals surface area contributed by atoms with Gasteiger partial charge in [-0.05, 0) is 34.9 Å². The Hall–Kier alpha value is -2.09. The third-order valence-electron chi connectivity index (χ3n) is 5.10. The zero-order valence-electron chi connectivity index (χ0n) is 15.6. The molecule has 2 heteroatoms. The number of phenols is 1. The van der Waals surface area contributed by atoms with E-state index in [-0.39, 0.29) is 5.41 Å². The maximum atomic E-state index is 11.0. The maximum Gasteiger partial charge on any atom is 0.128 e. The van der Waals surface area contributed by atoms with Gasteiger partial charge in [-0.2, -0.15) is 0 Å². The molecule has 1 aliphatic rings. The zero-order chi connectivity index (χ0) is 17.9. The number of phenolic OH excluding ortho intramolecular Hbond substituents is 1. The van der Waals surface area contributed by atoms with E-state index in [9.17, 15) is 5.11 Å². The van der Waals surface area contributed by atoms with Crippen molar-refractivity contribution in [2.75, 3.05) is 0 Å². The summed E-state index contributed by atoms with van der Waals surface area (Å²) in [6, 6.07) is 14.8. The maximum absolute atomic E-state index is 11.0. The van der Waals surface area contributed by atoms with Crippen molar-refractivity contribution in [3.05, 3.63) is 53.6 Å². The van der Waals surface area contributed by atoms with E-state index >= 15 is 0 Å². The minimum atomic E-state index is -0.104. The predicted molar refractivity (Wildman–Crippen MR) is 107 cm³/mol. The van der Waals surface area contributed by atoms with Crippen LogP contribution in [0.2, 0.25) is 0 Å². The fourth-order valence-electron chi connectivity index (χ4n) is 3.62. The quantitative estimate of drug-likeness (QED) is 0.674. The summed E-state index contributed by atoms with van der Waals surface area (Å²) in [5, 5.41) is 11.0. The molecule has 2 aromatic rings. The van der Waals surface area contributed by atoms with Crippen molar-refractivity contribution in [2.45, 2.75) is 64.3 Å². The van der Waals surface area contributed by atoms with Crippen LogP contribution in [0, 0.1) is 0 Å². The second-order valence-corrected chi connectivity index (χ2v) is 8.11. The minimum absolute atomic E-state index is 0.104. The molecule has 0 radical (unpaired) electrons. The highest BCUT2D eigenvalue weighted by Crippen LogP contribution is 2.38. The number of hydrogen-bond donors (Lipinski definition) is 1. The molecular formula is C23H29NO. The van der Waals surface area contributed by atoms with Gasteiger partial charge in [0.05, 0.1) is 0 Å². The van der Waals surface area contributed by atoms with Gasteiger partial charge in [-0.15, -0.1) is 0 Å². The summed E-state index contributed by atoms with van der Waals surface area (Å²) in [6.45, 7) is 6.39. The molecule has 0 aromatic heterocycles. The van der Waals surface area contributed by atoms with Gasteiger partial charge in [-0.3, -0.25) is 4.99 Å². The van der Waals surface area contributed by atoms with Crippen LogP contribution in [0.1, 0.15) is 64.0 Å². The Balaban J connectivity index is 2.06. The first-order valence-electron chi connectivity index (χ1n) is 9.42. The third kappa shape index (κ3) is 4.12. The van der Waals surface area contributed by atoms with Crippen LogP contribution in [-0.4, -0.2) is 17.4 Å². The molecule has 0 bridgehead atoms. The average Bonchev–Trinajstić information content (AvgIpc) is 2.61. The molecule has 2 aromatic carbocycles. The number of benzene rings is 2. The van der Waals surface area contributed by atoms with Crippen LogP contribution < -0.4 is 0 Å². The van der Waals surface area contributed by atoms with Gasteiger partial charge in [0.25, 0.3) is 0 Å². The van der Waals surface area contributed by atoms with Crippen molar-refractivity contribution in [3.8, 4) is 16.9 Å². The van der Waals surface area contributed by atoms with Crippen molar-refractivity contribution in [1.82, 2.24) is 0 Å². The number of aliphatic imine (C=N–C) groups is 1. The Morgan fingerprint density at radius 1 is 0.960 bits per heavy atom. The monoisotopic (exact) mass is 335 g/mol. The van der Waals surface area contributed by atoms with E-state index in [4.69, 9.17) is 4.99 Å². The molecule has 2 nitrogen and oxygen atoms in total. The Bertz CT molecular complexity index is 735. The molecule has 0 heterocycles. The molecule has 25 heavy (non-hydrogen) atoms. The lowest BCUT2D eigenvalue weighted by atomic mass is 9.83. The van der Waals surface area contributed by atoms with Crippen molar-refractivity contribution >= 4 is 6.21 Å². The highest BCUT2D eigenvalue weighted by atomic mass is 16.3. The first kappa shape index (κ1) is 17.7. The molecule has 1 N–H and O–H groups in total. The lowest BCUT2D eigenvalue weighted by molar-refractivity contribution is 0.441. The highest BCUT2D eigenvalue weighted by molar-refractivity contribution is 5.94. The van der Waals surface area contributed by atoms with E-state index in [0.717, 1.165) is 35.1 Å². The molecule has 0 atom stereocenters. The van der Waals surface area contributed by atoms with Crippen LogP contribution in [0.3, 0.4) is 0 Å². The first-order chi connectivity index (χ1) is 12.0. The fourth-order valence-corrected chi connectivity index (χ4v) is 3.62. The van der Waals surface area contributed by atoms with Crippen LogP contribution >= 0.6 is 0 Å². The number of hydrogen-bond acceptors (Lipinski definition) is 2. The molecular weight excluding hydrogens is 306 g/mol. The predicted octanol–water partition coefficient (Wildman–Crippen LogP) is 6.11. The van der Waals surface area contributed by atoms with Crippen molar-refractivity contribution < 1.29 is 5.11 Å².